The lowest BCUT2D eigenvalue weighted by atomic mass is 10.3. The van der Waals surface area contributed by atoms with Crippen LogP contribution >= 0.6 is 11.8 Å². The van der Waals surface area contributed by atoms with Crippen LogP contribution in [0.5, 0.6) is 0 Å². The quantitative estimate of drug-likeness (QED) is 0.843. The summed E-state index contributed by atoms with van der Waals surface area (Å²) < 4.78 is 37.9. The number of nitrogens with two attached hydrogens (primary N) is 1. The minimum atomic E-state index is -4.36. The summed E-state index contributed by atoms with van der Waals surface area (Å²) in [7, 11) is 0. The van der Waals surface area contributed by atoms with E-state index in [0.717, 1.165) is 6.20 Å². The van der Waals surface area contributed by atoms with Crippen LogP contribution in [0.1, 0.15) is 0 Å². The van der Waals surface area contributed by atoms with Gasteiger partial charge in [-0.3, -0.25) is 0 Å². The van der Waals surface area contributed by atoms with Gasteiger partial charge in [-0.2, -0.15) is 18.3 Å². The first kappa shape index (κ1) is 11.8. The van der Waals surface area contributed by atoms with Crippen LogP contribution < -0.4 is 5.73 Å². The predicted molar refractivity (Wildman–Crippen MR) is 59.9 cm³/mol. The Labute approximate surface area is 99.4 Å². The van der Waals surface area contributed by atoms with E-state index < -0.39 is 5.51 Å². The molecule has 0 spiro atoms. The third-order valence-corrected chi connectivity index (χ3v) is 2.76. The first-order valence-electron chi connectivity index (χ1n) is 4.62. The van der Waals surface area contributed by atoms with Gasteiger partial charge in [0.05, 0.1) is 16.8 Å². The number of halogens is 3. The summed E-state index contributed by atoms with van der Waals surface area (Å²) in [6.45, 7) is 0. The molecule has 0 aliphatic rings. The van der Waals surface area contributed by atoms with Crippen molar-refractivity contribution < 1.29 is 13.2 Å². The predicted octanol–water partition coefficient (Wildman–Crippen LogP) is 3.07. The second-order valence-electron chi connectivity index (χ2n) is 3.19. The Morgan fingerprint density at radius 3 is 2.41 bits per heavy atom. The molecule has 2 rings (SSSR count). The fraction of sp³-hybridized carbons (Fsp3) is 0.100. The molecule has 0 saturated heterocycles. The largest absolute Gasteiger partial charge is 0.446 e. The highest BCUT2D eigenvalue weighted by atomic mass is 32.2. The van der Waals surface area contributed by atoms with Crippen molar-refractivity contribution in [1.82, 2.24) is 9.78 Å². The first-order valence-corrected chi connectivity index (χ1v) is 5.44. The molecule has 7 heteroatoms. The molecule has 0 bridgehead atoms. The van der Waals surface area contributed by atoms with Gasteiger partial charge in [-0.15, -0.1) is 0 Å². The second kappa shape index (κ2) is 4.33. The highest BCUT2D eigenvalue weighted by molar-refractivity contribution is 8.00. The molecule has 2 aromatic rings. The van der Waals surface area contributed by atoms with E-state index in [0.29, 0.717) is 5.69 Å². The monoisotopic (exact) mass is 259 g/mol. The van der Waals surface area contributed by atoms with Crippen LogP contribution in [-0.2, 0) is 0 Å². The second-order valence-corrected chi connectivity index (χ2v) is 4.30. The maximum atomic E-state index is 12.2. The van der Waals surface area contributed by atoms with Crippen LogP contribution in [0.2, 0.25) is 0 Å². The molecule has 0 saturated carbocycles. The maximum Gasteiger partial charge on any atom is 0.446 e. The zero-order valence-corrected chi connectivity index (χ0v) is 9.29. The molecule has 0 unspecified atom stereocenters. The summed E-state index contributed by atoms with van der Waals surface area (Å²) >= 11 is -0.265. The lowest BCUT2D eigenvalue weighted by molar-refractivity contribution is -0.0327. The number of rotatable bonds is 2. The van der Waals surface area contributed by atoms with Crippen LogP contribution in [0, 0.1) is 0 Å². The Bertz CT molecular complexity index is 507. The summed E-state index contributed by atoms with van der Waals surface area (Å²) in [6, 6.07) is 8.74. The molecule has 1 aromatic heterocycles. The van der Waals surface area contributed by atoms with Crippen molar-refractivity contribution >= 4 is 17.6 Å². The molecular weight excluding hydrogens is 251 g/mol. The van der Waals surface area contributed by atoms with Gasteiger partial charge >= 0.3 is 5.51 Å². The number of alkyl halides is 3. The zero-order valence-electron chi connectivity index (χ0n) is 8.48. The van der Waals surface area contributed by atoms with Crippen LogP contribution in [0.3, 0.4) is 0 Å². The Morgan fingerprint density at radius 1 is 1.18 bits per heavy atom. The van der Waals surface area contributed by atoms with E-state index in [4.69, 9.17) is 5.73 Å². The number of nitrogen functional groups attached to an aromatic ring is 1. The topological polar surface area (TPSA) is 43.8 Å². The van der Waals surface area contributed by atoms with Gasteiger partial charge in [-0.25, -0.2) is 4.68 Å². The number of aromatic nitrogens is 2. The van der Waals surface area contributed by atoms with Crippen molar-refractivity contribution in [1.29, 1.82) is 0 Å². The Balaban J connectivity index is 2.34. The normalized spacial score (nSPS) is 11.7. The number of hydrogen-bond acceptors (Lipinski definition) is 3. The third kappa shape index (κ3) is 2.73. The summed E-state index contributed by atoms with van der Waals surface area (Å²) in [5, 5.41) is 3.84. The van der Waals surface area contributed by atoms with Gasteiger partial charge in [0.2, 0.25) is 0 Å². The Hall–Kier alpha value is -1.63. The molecule has 1 heterocycles. The number of nitrogens with zero attached hydrogens (tertiary/aromatic N) is 2. The van der Waals surface area contributed by atoms with Gasteiger partial charge in [0, 0.05) is 0 Å². The lowest BCUT2D eigenvalue weighted by Gasteiger charge is -2.06. The first-order chi connectivity index (χ1) is 7.97. The summed E-state index contributed by atoms with van der Waals surface area (Å²) in [4.78, 5) is -0.0960. The number of para-hydroxylation sites is 1. The molecule has 1 aromatic carbocycles. The highest BCUT2D eigenvalue weighted by Crippen LogP contribution is 2.39. The molecule has 0 aliphatic carbocycles. The molecule has 0 atom stereocenters. The molecule has 17 heavy (non-hydrogen) atoms. The Kier molecular flexibility index (Phi) is 3.01. The number of anilines is 1. The Morgan fingerprint density at radius 2 is 1.82 bits per heavy atom. The SMILES string of the molecule is Nc1c(SC(F)(F)F)cnn1-c1ccccc1. The van der Waals surface area contributed by atoms with Crippen molar-refractivity contribution in [2.75, 3.05) is 5.73 Å². The number of benzene rings is 1. The number of hydrogen-bond donors (Lipinski definition) is 1. The molecule has 0 fully saturated rings. The van der Waals surface area contributed by atoms with Crippen molar-refractivity contribution in [2.24, 2.45) is 0 Å². The van der Waals surface area contributed by atoms with Crippen LogP contribution in [-0.4, -0.2) is 15.3 Å². The van der Waals surface area contributed by atoms with Gasteiger partial charge in [-0.1, -0.05) is 18.2 Å². The molecule has 90 valence electrons. The zero-order chi connectivity index (χ0) is 12.5. The maximum absolute atomic E-state index is 12.2. The summed E-state index contributed by atoms with van der Waals surface area (Å²) in [6.07, 6.45) is 1.11. The summed E-state index contributed by atoms with van der Waals surface area (Å²) in [5.74, 6) is -0.0153. The van der Waals surface area contributed by atoms with E-state index in [-0.39, 0.29) is 22.5 Å². The van der Waals surface area contributed by atoms with Crippen molar-refractivity contribution in [3.05, 3.63) is 36.5 Å². The average Bonchev–Trinajstić information content (AvgIpc) is 2.60. The third-order valence-electron chi connectivity index (χ3n) is 2.00. The highest BCUT2D eigenvalue weighted by Gasteiger charge is 2.31. The van der Waals surface area contributed by atoms with Gasteiger partial charge in [0.15, 0.2) is 0 Å². The molecular formula is C10H8F3N3S. The van der Waals surface area contributed by atoms with E-state index >= 15 is 0 Å². The minimum Gasteiger partial charge on any atom is -0.383 e. The molecule has 0 amide bonds. The van der Waals surface area contributed by atoms with E-state index in [1.807, 2.05) is 0 Å². The smallest absolute Gasteiger partial charge is 0.383 e. The summed E-state index contributed by atoms with van der Waals surface area (Å²) in [5.41, 5.74) is 1.88. The fourth-order valence-electron chi connectivity index (χ4n) is 1.32. The minimum absolute atomic E-state index is 0.0153. The van der Waals surface area contributed by atoms with E-state index in [1.165, 1.54) is 4.68 Å². The number of thioether (sulfide) groups is 1. The molecule has 0 aliphatic heterocycles. The van der Waals surface area contributed by atoms with Crippen molar-refractivity contribution in [2.45, 2.75) is 10.4 Å². The van der Waals surface area contributed by atoms with E-state index in [2.05, 4.69) is 5.10 Å². The van der Waals surface area contributed by atoms with Crippen molar-refractivity contribution in [3.8, 4) is 5.69 Å². The van der Waals surface area contributed by atoms with Crippen LogP contribution in [0.15, 0.2) is 41.4 Å². The van der Waals surface area contributed by atoms with Crippen molar-refractivity contribution in [3.63, 3.8) is 0 Å². The van der Waals surface area contributed by atoms with Gasteiger partial charge in [0.25, 0.3) is 0 Å². The van der Waals surface area contributed by atoms with Crippen LogP contribution in [0.4, 0.5) is 19.0 Å². The molecule has 2 N–H and O–H groups in total. The van der Waals surface area contributed by atoms with Gasteiger partial charge in [-0.05, 0) is 23.9 Å². The lowest BCUT2D eigenvalue weighted by Crippen LogP contribution is -2.04. The van der Waals surface area contributed by atoms with E-state index in [1.54, 1.807) is 30.3 Å². The molecule has 0 radical (unpaired) electrons. The average molecular weight is 259 g/mol. The van der Waals surface area contributed by atoms with Gasteiger partial charge in [0.1, 0.15) is 5.82 Å². The van der Waals surface area contributed by atoms with E-state index in [9.17, 15) is 13.2 Å². The molecule has 3 nitrogen and oxygen atoms in total. The fourth-order valence-corrected chi connectivity index (χ4v) is 1.86. The van der Waals surface area contributed by atoms with Crippen LogP contribution in [0.25, 0.3) is 5.69 Å². The standard InChI is InChI=1S/C10H8F3N3S/c11-10(12,13)17-8-6-15-16(9(8)14)7-4-2-1-3-5-7/h1-6H,14H2. The van der Waals surface area contributed by atoms with Gasteiger partial charge < -0.3 is 5.73 Å².